The highest BCUT2D eigenvalue weighted by Gasteiger charge is 2.38. The molecule has 7 heteroatoms. The first-order valence-corrected chi connectivity index (χ1v) is 4.36. The number of rotatable bonds is 2. The Labute approximate surface area is 82.9 Å². The third-order valence-corrected chi connectivity index (χ3v) is 2.17. The molecule has 4 nitrogen and oxygen atoms in total. The highest BCUT2D eigenvalue weighted by molar-refractivity contribution is 5.91. The lowest BCUT2D eigenvalue weighted by Gasteiger charge is -2.01. The van der Waals surface area contributed by atoms with Crippen molar-refractivity contribution in [2.24, 2.45) is 5.73 Å². The first-order chi connectivity index (χ1) is 6.89. The van der Waals surface area contributed by atoms with Crippen LogP contribution in [0.1, 0.15) is 35.1 Å². The van der Waals surface area contributed by atoms with Gasteiger partial charge in [-0.3, -0.25) is 9.48 Å². The van der Waals surface area contributed by atoms with Gasteiger partial charge in [-0.25, -0.2) is 0 Å². The molecule has 1 saturated carbocycles. The number of carbonyl (C=O) groups is 1. The molecular formula is C8H8F3N3O. The number of alkyl halides is 3. The smallest absolute Gasteiger partial charge is 0.364 e. The van der Waals surface area contributed by atoms with Gasteiger partial charge in [-0.2, -0.15) is 18.3 Å². The van der Waals surface area contributed by atoms with Crippen LogP contribution in [0, 0.1) is 0 Å². The molecule has 2 rings (SSSR count). The van der Waals surface area contributed by atoms with Gasteiger partial charge in [0.2, 0.25) is 0 Å². The maximum Gasteiger partial charge on any atom is 0.435 e. The first-order valence-electron chi connectivity index (χ1n) is 4.36. The molecule has 1 aromatic rings. The Kier molecular flexibility index (Phi) is 1.99. The van der Waals surface area contributed by atoms with Gasteiger partial charge in [-0.15, -0.1) is 0 Å². The zero-order chi connectivity index (χ0) is 11.2. The average molecular weight is 219 g/mol. The Morgan fingerprint density at radius 2 is 2.13 bits per heavy atom. The van der Waals surface area contributed by atoms with Gasteiger partial charge >= 0.3 is 6.18 Å². The largest absolute Gasteiger partial charge is 0.435 e. The number of carbonyl (C=O) groups excluding carboxylic acids is 1. The zero-order valence-corrected chi connectivity index (χ0v) is 7.58. The molecule has 0 spiro atoms. The van der Waals surface area contributed by atoms with E-state index in [1.807, 2.05) is 0 Å². The Balaban J connectivity index is 2.44. The molecule has 1 aliphatic carbocycles. The van der Waals surface area contributed by atoms with E-state index in [-0.39, 0.29) is 11.7 Å². The monoisotopic (exact) mass is 219 g/mol. The van der Waals surface area contributed by atoms with Crippen LogP contribution in [0.25, 0.3) is 0 Å². The number of hydrogen-bond donors (Lipinski definition) is 1. The van der Waals surface area contributed by atoms with Crippen LogP contribution in [0.2, 0.25) is 0 Å². The van der Waals surface area contributed by atoms with Crippen molar-refractivity contribution in [1.82, 2.24) is 9.78 Å². The van der Waals surface area contributed by atoms with E-state index in [2.05, 4.69) is 5.10 Å². The number of amides is 1. The van der Waals surface area contributed by atoms with Crippen LogP contribution >= 0.6 is 0 Å². The fraction of sp³-hybridized carbons (Fsp3) is 0.500. The summed E-state index contributed by atoms with van der Waals surface area (Å²) in [5.41, 5.74) is 3.73. The molecule has 82 valence electrons. The van der Waals surface area contributed by atoms with E-state index >= 15 is 0 Å². The molecule has 2 N–H and O–H groups in total. The summed E-state index contributed by atoms with van der Waals surface area (Å²) in [5, 5.41) is 3.36. The number of nitrogens with two attached hydrogens (primary N) is 1. The van der Waals surface area contributed by atoms with E-state index in [0.29, 0.717) is 6.07 Å². The Hall–Kier alpha value is -1.53. The van der Waals surface area contributed by atoms with Crippen molar-refractivity contribution in [3.63, 3.8) is 0 Å². The summed E-state index contributed by atoms with van der Waals surface area (Å²) < 4.78 is 38.0. The molecule has 0 aliphatic heterocycles. The molecule has 1 aromatic heterocycles. The van der Waals surface area contributed by atoms with Crippen molar-refractivity contribution in [2.45, 2.75) is 25.1 Å². The highest BCUT2D eigenvalue weighted by atomic mass is 19.4. The van der Waals surface area contributed by atoms with Crippen molar-refractivity contribution in [1.29, 1.82) is 0 Å². The van der Waals surface area contributed by atoms with Crippen molar-refractivity contribution in [2.75, 3.05) is 0 Å². The summed E-state index contributed by atoms with van der Waals surface area (Å²) in [6.45, 7) is 0. The molecule has 0 radical (unpaired) electrons. The van der Waals surface area contributed by atoms with Crippen LogP contribution < -0.4 is 5.73 Å². The topological polar surface area (TPSA) is 60.9 Å². The van der Waals surface area contributed by atoms with Crippen LogP contribution in [-0.4, -0.2) is 15.7 Å². The van der Waals surface area contributed by atoms with E-state index in [9.17, 15) is 18.0 Å². The van der Waals surface area contributed by atoms with E-state index in [4.69, 9.17) is 5.73 Å². The summed E-state index contributed by atoms with van der Waals surface area (Å²) in [7, 11) is 0. The fourth-order valence-electron chi connectivity index (χ4n) is 1.31. The SMILES string of the molecule is NC(=O)c1cc(C(F)(F)F)nn1C1CC1. The lowest BCUT2D eigenvalue weighted by molar-refractivity contribution is -0.141. The number of nitrogens with zero attached hydrogens (tertiary/aromatic N) is 2. The molecule has 1 amide bonds. The molecule has 1 fully saturated rings. The third kappa shape index (κ3) is 1.81. The Morgan fingerprint density at radius 1 is 1.53 bits per heavy atom. The van der Waals surface area contributed by atoms with Gasteiger partial charge in [0.15, 0.2) is 5.69 Å². The predicted molar refractivity (Wildman–Crippen MR) is 44.0 cm³/mol. The molecule has 0 aromatic carbocycles. The van der Waals surface area contributed by atoms with Gasteiger partial charge < -0.3 is 5.73 Å². The maximum atomic E-state index is 12.3. The van der Waals surface area contributed by atoms with Crippen molar-refractivity contribution in [3.05, 3.63) is 17.5 Å². The third-order valence-electron chi connectivity index (χ3n) is 2.17. The standard InChI is InChI=1S/C8H8F3N3O/c9-8(10,11)6-3-5(7(12)15)14(13-6)4-1-2-4/h3-4H,1-2H2,(H2,12,15). The van der Waals surface area contributed by atoms with Crippen LogP contribution in [0.4, 0.5) is 13.2 Å². The minimum atomic E-state index is -4.54. The summed E-state index contributed by atoms with van der Waals surface area (Å²) >= 11 is 0. The van der Waals surface area contributed by atoms with Gasteiger partial charge in [0, 0.05) is 6.07 Å². The molecule has 1 heterocycles. The molecular weight excluding hydrogens is 211 g/mol. The van der Waals surface area contributed by atoms with Crippen molar-refractivity contribution in [3.8, 4) is 0 Å². The van der Waals surface area contributed by atoms with Gasteiger partial charge in [0.05, 0.1) is 6.04 Å². The molecule has 15 heavy (non-hydrogen) atoms. The Bertz CT molecular complexity index is 406. The van der Waals surface area contributed by atoms with Crippen LogP contribution in [0.3, 0.4) is 0 Å². The van der Waals surface area contributed by atoms with Gasteiger partial charge in [0.1, 0.15) is 5.69 Å². The van der Waals surface area contributed by atoms with E-state index in [1.165, 1.54) is 0 Å². The second kappa shape index (κ2) is 2.98. The average Bonchev–Trinajstić information content (AvgIpc) is 2.81. The van der Waals surface area contributed by atoms with Crippen molar-refractivity contribution < 1.29 is 18.0 Å². The summed E-state index contributed by atoms with van der Waals surface area (Å²) in [5.74, 6) is -0.884. The number of hydrogen-bond acceptors (Lipinski definition) is 2. The lowest BCUT2D eigenvalue weighted by atomic mass is 10.3. The minimum absolute atomic E-state index is 0.108. The quantitative estimate of drug-likeness (QED) is 0.815. The van der Waals surface area contributed by atoms with Crippen LogP contribution in [0.15, 0.2) is 6.07 Å². The summed E-state index contributed by atoms with van der Waals surface area (Å²) in [6, 6.07) is 0.587. The number of primary amides is 1. The highest BCUT2D eigenvalue weighted by Crippen LogP contribution is 2.37. The molecule has 0 atom stereocenters. The number of halogens is 3. The molecule has 0 bridgehead atoms. The normalized spacial score (nSPS) is 16.7. The molecule has 1 aliphatic rings. The first kappa shape index (κ1) is 10.0. The predicted octanol–water partition coefficient (Wildman–Crippen LogP) is 1.34. The zero-order valence-electron chi connectivity index (χ0n) is 7.58. The lowest BCUT2D eigenvalue weighted by Crippen LogP contribution is -2.16. The van der Waals surface area contributed by atoms with Gasteiger partial charge in [0.25, 0.3) is 5.91 Å². The summed E-state index contributed by atoms with van der Waals surface area (Å²) in [6.07, 6.45) is -3.07. The minimum Gasteiger partial charge on any atom is -0.364 e. The maximum absolute atomic E-state index is 12.3. The van der Waals surface area contributed by atoms with E-state index in [0.717, 1.165) is 17.5 Å². The summed E-state index contributed by atoms with van der Waals surface area (Å²) in [4.78, 5) is 10.9. The molecule has 0 unspecified atom stereocenters. The van der Waals surface area contributed by atoms with Gasteiger partial charge in [-0.05, 0) is 12.8 Å². The second-order valence-electron chi connectivity index (χ2n) is 3.45. The Morgan fingerprint density at radius 3 is 2.53 bits per heavy atom. The van der Waals surface area contributed by atoms with Gasteiger partial charge in [-0.1, -0.05) is 0 Å². The second-order valence-corrected chi connectivity index (χ2v) is 3.45. The number of aromatic nitrogens is 2. The van der Waals surface area contributed by atoms with E-state index in [1.54, 1.807) is 0 Å². The molecule has 0 saturated heterocycles. The van der Waals surface area contributed by atoms with Crippen LogP contribution in [0.5, 0.6) is 0 Å². The fourth-order valence-corrected chi connectivity index (χ4v) is 1.31. The van der Waals surface area contributed by atoms with Crippen molar-refractivity contribution >= 4 is 5.91 Å². The van der Waals surface area contributed by atoms with Crippen LogP contribution in [-0.2, 0) is 6.18 Å². The van der Waals surface area contributed by atoms with E-state index < -0.39 is 17.8 Å².